The smallest absolute Gasteiger partial charge is 0.242 e. The van der Waals surface area contributed by atoms with Crippen molar-refractivity contribution in [1.29, 1.82) is 0 Å². The molecule has 2 aromatic carbocycles. The third-order valence-corrected chi connectivity index (χ3v) is 5.76. The maximum absolute atomic E-state index is 13.1. The van der Waals surface area contributed by atoms with Crippen LogP contribution in [0.4, 0.5) is 0 Å². The third kappa shape index (κ3) is 6.98. The molecule has 0 heterocycles. The zero-order valence-electron chi connectivity index (χ0n) is 18.7. The monoisotopic (exact) mass is 472 g/mol. The molecule has 0 unspecified atom stereocenters. The first-order valence-electron chi connectivity index (χ1n) is 10.5. The molecule has 5 heteroatoms. The van der Waals surface area contributed by atoms with Crippen LogP contribution in [-0.4, -0.2) is 29.3 Å². The number of halogens is 1. The summed E-state index contributed by atoms with van der Waals surface area (Å²) in [4.78, 5) is 27.2. The fraction of sp³-hybridized carbons (Fsp3) is 0.440. The zero-order valence-corrected chi connectivity index (χ0v) is 20.3. The number of benzene rings is 2. The molecule has 1 N–H and O–H groups in total. The lowest BCUT2D eigenvalue weighted by Crippen LogP contribution is -2.47. The number of nitrogens with zero attached hydrogens (tertiary/aromatic N) is 1. The van der Waals surface area contributed by atoms with Crippen LogP contribution in [0.2, 0.25) is 0 Å². The van der Waals surface area contributed by atoms with Crippen LogP contribution in [0.25, 0.3) is 0 Å². The molecule has 0 spiro atoms. The molecule has 0 aromatic heterocycles. The van der Waals surface area contributed by atoms with Gasteiger partial charge >= 0.3 is 0 Å². The van der Waals surface area contributed by atoms with Gasteiger partial charge in [0, 0.05) is 24.0 Å². The molecule has 30 heavy (non-hydrogen) atoms. The lowest BCUT2D eigenvalue weighted by molar-refractivity contribution is -0.140. The van der Waals surface area contributed by atoms with E-state index in [1.54, 1.807) is 11.8 Å². The molecule has 0 aliphatic heterocycles. The van der Waals surface area contributed by atoms with E-state index in [1.807, 2.05) is 31.2 Å². The van der Waals surface area contributed by atoms with Gasteiger partial charge in [-0.1, -0.05) is 73.1 Å². The topological polar surface area (TPSA) is 49.4 Å². The summed E-state index contributed by atoms with van der Waals surface area (Å²) in [5, 5.41) is 2.83. The Hall–Kier alpha value is -2.14. The van der Waals surface area contributed by atoms with Gasteiger partial charge in [0.1, 0.15) is 6.04 Å². The summed E-state index contributed by atoms with van der Waals surface area (Å²) in [6.45, 7) is 11.2. The van der Waals surface area contributed by atoms with Gasteiger partial charge in [-0.25, -0.2) is 0 Å². The quantitative estimate of drug-likeness (QED) is 0.571. The normalized spacial score (nSPS) is 12.3. The lowest BCUT2D eigenvalue weighted by Gasteiger charge is -2.29. The fourth-order valence-corrected chi connectivity index (χ4v) is 3.52. The van der Waals surface area contributed by atoms with E-state index in [4.69, 9.17) is 0 Å². The van der Waals surface area contributed by atoms with Crippen LogP contribution in [0.3, 0.4) is 0 Å². The van der Waals surface area contributed by atoms with E-state index in [-0.39, 0.29) is 17.2 Å². The van der Waals surface area contributed by atoms with Crippen molar-refractivity contribution in [3.63, 3.8) is 0 Å². The molecule has 0 aliphatic carbocycles. The summed E-state index contributed by atoms with van der Waals surface area (Å²) in [6.07, 6.45) is 1.03. The van der Waals surface area contributed by atoms with Gasteiger partial charge in [0.2, 0.25) is 11.8 Å². The van der Waals surface area contributed by atoms with Crippen LogP contribution in [0.5, 0.6) is 0 Å². The zero-order chi connectivity index (χ0) is 22.3. The van der Waals surface area contributed by atoms with Gasteiger partial charge in [-0.3, -0.25) is 9.59 Å². The van der Waals surface area contributed by atoms with Crippen molar-refractivity contribution >= 4 is 27.7 Å². The van der Waals surface area contributed by atoms with Crippen LogP contribution >= 0.6 is 15.9 Å². The third-order valence-electron chi connectivity index (χ3n) is 5.23. The molecule has 0 bridgehead atoms. The number of carbonyl (C=O) groups is 2. The van der Waals surface area contributed by atoms with Crippen LogP contribution in [0.15, 0.2) is 53.0 Å². The van der Waals surface area contributed by atoms with Crippen LogP contribution in [0, 0.1) is 0 Å². The second kappa shape index (κ2) is 10.8. The molecule has 2 amide bonds. The van der Waals surface area contributed by atoms with Crippen LogP contribution in [-0.2, 0) is 28.0 Å². The van der Waals surface area contributed by atoms with E-state index in [1.165, 1.54) is 5.56 Å². The number of hydrogen-bond acceptors (Lipinski definition) is 2. The van der Waals surface area contributed by atoms with Crippen LogP contribution < -0.4 is 5.32 Å². The van der Waals surface area contributed by atoms with Crippen molar-refractivity contribution in [1.82, 2.24) is 10.2 Å². The van der Waals surface area contributed by atoms with Crippen LogP contribution in [0.1, 0.15) is 57.7 Å². The van der Waals surface area contributed by atoms with Gasteiger partial charge in [0.25, 0.3) is 0 Å². The van der Waals surface area contributed by atoms with Gasteiger partial charge in [-0.15, -0.1) is 0 Å². The minimum atomic E-state index is -0.524. The first-order chi connectivity index (χ1) is 14.1. The van der Waals surface area contributed by atoms with Gasteiger partial charge in [0.15, 0.2) is 0 Å². The number of likely N-dealkylation sites (N-methyl/N-ethyl adjacent to an activating group) is 1. The summed E-state index contributed by atoms with van der Waals surface area (Å²) in [6, 6.07) is 15.8. The van der Waals surface area contributed by atoms with Crippen molar-refractivity contribution in [2.75, 3.05) is 6.54 Å². The molecule has 162 valence electrons. The number of nitrogens with one attached hydrogen (secondary N) is 1. The highest BCUT2D eigenvalue weighted by Gasteiger charge is 2.25. The van der Waals surface area contributed by atoms with E-state index in [2.05, 4.69) is 66.3 Å². The lowest BCUT2D eigenvalue weighted by atomic mass is 9.86. The van der Waals surface area contributed by atoms with Gasteiger partial charge in [-0.2, -0.15) is 0 Å². The van der Waals surface area contributed by atoms with E-state index >= 15 is 0 Å². The Morgan fingerprint density at radius 2 is 1.57 bits per heavy atom. The van der Waals surface area contributed by atoms with E-state index in [0.29, 0.717) is 25.9 Å². The second-order valence-electron chi connectivity index (χ2n) is 8.67. The Balaban J connectivity index is 2.11. The molecular formula is C25H33BrN2O2. The minimum Gasteiger partial charge on any atom is -0.355 e. The maximum atomic E-state index is 13.1. The Bertz CT molecular complexity index is 839. The molecule has 0 aliphatic rings. The Morgan fingerprint density at radius 1 is 1.00 bits per heavy atom. The van der Waals surface area contributed by atoms with Crippen molar-refractivity contribution in [2.24, 2.45) is 0 Å². The number of carbonyl (C=O) groups excluding carboxylic acids is 2. The molecule has 0 saturated heterocycles. The van der Waals surface area contributed by atoms with E-state index < -0.39 is 6.04 Å². The Labute approximate surface area is 189 Å². The second-order valence-corrected chi connectivity index (χ2v) is 9.58. The van der Waals surface area contributed by atoms with Crippen molar-refractivity contribution in [3.05, 3.63) is 69.7 Å². The molecule has 0 radical (unpaired) electrons. The first-order valence-corrected chi connectivity index (χ1v) is 11.3. The molecular weight excluding hydrogens is 440 g/mol. The highest BCUT2D eigenvalue weighted by atomic mass is 79.9. The predicted octanol–water partition coefficient (Wildman–Crippen LogP) is 5.23. The summed E-state index contributed by atoms with van der Waals surface area (Å²) < 4.78 is 0.986. The van der Waals surface area contributed by atoms with Crippen molar-refractivity contribution in [3.8, 4) is 0 Å². The summed E-state index contributed by atoms with van der Waals surface area (Å²) in [5.41, 5.74) is 3.51. The number of rotatable bonds is 8. The molecule has 4 nitrogen and oxygen atoms in total. The number of hydrogen-bond donors (Lipinski definition) is 1. The molecule has 2 aromatic rings. The number of aryl methyl sites for hydroxylation is 1. The summed E-state index contributed by atoms with van der Waals surface area (Å²) >= 11 is 3.44. The molecule has 0 saturated carbocycles. The largest absolute Gasteiger partial charge is 0.355 e. The highest BCUT2D eigenvalue weighted by molar-refractivity contribution is 9.10. The van der Waals surface area contributed by atoms with Gasteiger partial charge < -0.3 is 10.2 Å². The predicted molar refractivity (Wildman–Crippen MR) is 126 cm³/mol. The molecule has 1 atom stereocenters. The molecule has 0 fully saturated rings. The average molecular weight is 473 g/mol. The SMILES string of the molecule is CCNC(=O)[C@@H](C)N(Cc1ccc(Br)cc1)C(=O)CCc1ccc(C(C)(C)C)cc1. The van der Waals surface area contributed by atoms with Crippen molar-refractivity contribution < 1.29 is 9.59 Å². The molecule has 2 rings (SSSR count). The Morgan fingerprint density at radius 3 is 2.10 bits per heavy atom. The fourth-order valence-electron chi connectivity index (χ4n) is 3.26. The Kier molecular flexibility index (Phi) is 8.65. The van der Waals surface area contributed by atoms with Gasteiger partial charge in [0.05, 0.1) is 0 Å². The standard InChI is InChI=1S/C25H33BrN2O2/c1-6-27-24(30)18(2)28(17-20-9-14-22(26)15-10-20)23(29)16-11-19-7-12-21(13-8-19)25(3,4)5/h7-10,12-15,18H,6,11,16-17H2,1-5H3,(H,27,30)/t18-/m1/s1. The maximum Gasteiger partial charge on any atom is 0.242 e. The average Bonchev–Trinajstić information content (AvgIpc) is 2.71. The summed E-state index contributed by atoms with van der Waals surface area (Å²) in [5.74, 6) is -0.144. The minimum absolute atomic E-state index is 0.0171. The number of amides is 2. The van der Waals surface area contributed by atoms with E-state index in [0.717, 1.165) is 15.6 Å². The van der Waals surface area contributed by atoms with E-state index in [9.17, 15) is 9.59 Å². The highest BCUT2D eigenvalue weighted by Crippen LogP contribution is 2.23. The van der Waals surface area contributed by atoms with Crippen molar-refractivity contribution in [2.45, 2.75) is 65.5 Å². The summed E-state index contributed by atoms with van der Waals surface area (Å²) in [7, 11) is 0. The van der Waals surface area contributed by atoms with Gasteiger partial charge in [-0.05, 0) is 54.5 Å². The first kappa shape index (κ1) is 24.1.